The van der Waals surface area contributed by atoms with Crippen molar-refractivity contribution in [2.24, 2.45) is 0 Å². The van der Waals surface area contributed by atoms with Crippen LogP contribution in [0.2, 0.25) is 0 Å². The lowest BCUT2D eigenvalue weighted by Crippen LogP contribution is -2.52. The zero-order valence-corrected chi connectivity index (χ0v) is 19.1. The van der Waals surface area contributed by atoms with E-state index in [1.165, 1.54) is 0 Å². The highest BCUT2D eigenvalue weighted by Gasteiger charge is 2.50. The number of hydrogen-bond acceptors (Lipinski definition) is 7. The van der Waals surface area contributed by atoms with Crippen molar-refractivity contribution < 1.29 is 28.6 Å². The lowest BCUT2D eigenvalue weighted by Gasteiger charge is -2.36. The lowest BCUT2D eigenvalue weighted by molar-refractivity contribution is -0.139. The lowest BCUT2D eigenvalue weighted by atomic mass is 9.91. The molecule has 2 aromatic carbocycles. The van der Waals surface area contributed by atoms with Crippen molar-refractivity contribution in [3.8, 4) is 17.2 Å². The molecule has 3 aliphatic rings. The molecule has 0 saturated carbocycles. The van der Waals surface area contributed by atoms with Crippen molar-refractivity contribution in [2.45, 2.75) is 12.5 Å². The van der Waals surface area contributed by atoms with Gasteiger partial charge in [-0.05, 0) is 48.9 Å². The molecule has 1 atom stereocenters. The summed E-state index contributed by atoms with van der Waals surface area (Å²) >= 11 is 0. The Morgan fingerprint density at radius 1 is 1.03 bits per heavy atom. The van der Waals surface area contributed by atoms with E-state index in [1.807, 2.05) is 24.3 Å². The molecule has 10 heteroatoms. The van der Waals surface area contributed by atoms with Crippen LogP contribution in [0.4, 0.5) is 10.5 Å². The maximum atomic E-state index is 13.2. The van der Waals surface area contributed by atoms with Gasteiger partial charge >= 0.3 is 6.03 Å². The van der Waals surface area contributed by atoms with E-state index in [0.29, 0.717) is 43.2 Å². The second kappa shape index (κ2) is 8.44. The number of imide groups is 1. The van der Waals surface area contributed by atoms with E-state index in [1.54, 1.807) is 37.1 Å². The summed E-state index contributed by atoms with van der Waals surface area (Å²) in [6.45, 7) is 3.78. The van der Waals surface area contributed by atoms with Crippen molar-refractivity contribution in [1.82, 2.24) is 15.1 Å². The van der Waals surface area contributed by atoms with Gasteiger partial charge in [-0.3, -0.25) is 14.5 Å². The number of amides is 4. The molecule has 34 heavy (non-hydrogen) atoms. The van der Waals surface area contributed by atoms with Gasteiger partial charge in [0.05, 0.1) is 7.11 Å². The average Bonchev–Trinajstić information content (AvgIpc) is 3.42. The van der Waals surface area contributed by atoms with Crippen molar-refractivity contribution >= 4 is 23.5 Å². The normalized spacial score (nSPS) is 21.6. The molecule has 5 rings (SSSR count). The molecule has 2 saturated heterocycles. The van der Waals surface area contributed by atoms with Crippen LogP contribution in [0.3, 0.4) is 0 Å². The van der Waals surface area contributed by atoms with E-state index in [4.69, 9.17) is 14.2 Å². The minimum absolute atomic E-state index is 0.113. The summed E-state index contributed by atoms with van der Waals surface area (Å²) in [5.41, 5.74) is 0.338. The molecule has 4 amide bonds. The smallest absolute Gasteiger partial charge is 0.325 e. The van der Waals surface area contributed by atoms with Crippen molar-refractivity contribution in [2.75, 3.05) is 51.5 Å². The number of hydrogen-bond donors (Lipinski definition) is 1. The van der Waals surface area contributed by atoms with Crippen LogP contribution < -0.4 is 24.4 Å². The highest BCUT2D eigenvalue weighted by atomic mass is 16.7. The van der Waals surface area contributed by atoms with Gasteiger partial charge in [0.1, 0.15) is 17.8 Å². The molecule has 0 unspecified atom stereocenters. The number of nitrogens with one attached hydrogen (secondary N) is 1. The summed E-state index contributed by atoms with van der Waals surface area (Å²) in [5, 5.41) is 2.74. The first-order chi connectivity index (χ1) is 16.4. The van der Waals surface area contributed by atoms with Gasteiger partial charge in [0.25, 0.3) is 5.91 Å². The van der Waals surface area contributed by atoms with Gasteiger partial charge in [0.15, 0.2) is 11.5 Å². The molecule has 0 aliphatic carbocycles. The molecular weight excluding hydrogens is 440 g/mol. The first kappa shape index (κ1) is 21.9. The summed E-state index contributed by atoms with van der Waals surface area (Å²) in [7, 11) is 1.63. The van der Waals surface area contributed by atoms with Crippen LogP contribution in [-0.4, -0.2) is 74.3 Å². The predicted molar refractivity (Wildman–Crippen MR) is 122 cm³/mol. The number of piperazine rings is 1. The van der Waals surface area contributed by atoms with Gasteiger partial charge < -0.3 is 29.3 Å². The number of nitrogens with zero attached hydrogens (tertiary/aromatic N) is 3. The van der Waals surface area contributed by atoms with Crippen molar-refractivity contribution in [3.63, 3.8) is 0 Å². The second-order valence-corrected chi connectivity index (χ2v) is 8.58. The first-order valence-electron chi connectivity index (χ1n) is 11.1. The topological polar surface area (TPSA) is 101 Å². The van der Waals surface area contributed by atoms with E-state index in [9.17, 15) is 14.4 Å². The minimum Gasteiger partial charge on any atom is -0.497 e. The number of rotatable bonds is 5. The number of ether oxygens (including phenoxy) is 3. The molecule has 10 nitrogen and oxygen atoms in total. The number of carbonyl (C=O) groups excluding carboxylic acids is 3. The molecule has 2 fully saturated rings. The fraction of sp³-hybridized carbons (Fsp3) is 0.375. The molecular formula is C24H26N4O6. The van der Waals surface area contributed by atoms with Gasteiger partial charge in [0, 0.05) is 31.9 Å². The SMILES string of the molecule is COc1ccc(N2CCN(C(=O)CN3C(=O)N[C@@](C)(c4ccc5c(c4)OCO5)C3=O)CC2)cc1. The zero-order valence-electron chi connectivity index (χ0n) is 19.1. The van der Waals surface area contributed by atoms with E-state index >= 15 is 0 Å². The molecule has 3 heterocycles. The summed E-state index contributed by atoms with van der Waals surface area (Å²) < 4.78 is 15.9. The summed E-state index contributed by atoms with van der Waals surface area (Å²) in [4.78, 5) is 43.7. The van der Waals surface area contributed by atoms with E-state index in [2.05, 4.69) is 10.2 Å². The van der Waals surface area contributed by atoms with Gasteiger partial charge in [-0.25, -0.2) is 4.79 Å². The number of urea groups is 1. The van der Waals surface area contributed by atoms with Crippen molar-refractivity contribution in [1.29, 1.82) is 0 Å². The summed E-state index contributed by atoms with van der Waals surface area (Å²) in [6, 6.07) is 12.3. The molecule has 2 aromatic rings. The molecule has 0 aromatic heterocycles. The van der Waals surface area contributed by atoms with Crippen LogP contribution in [0, 0.1) is 0 Å². The number of fused-ring (bicyclic) bond motifs is 1. The Labute approximate surface area is 197 Å². The third-order valence-electron chi connectivity index (χ3n) is 6.59. The van der Waals surface area contributed by atoms with Crippen LogP contribution >= 0.6 is 0 Å². The predicted octanol–water partition coefficient (Wildman–Crippen LogP) is 1.54. The number of carbonyl (C=O) groups is 3. The Hall–Kier alpha value is -3.95. The largest absolute Gasteiger partial charge is 0.497 e. The number of anilines is 1. The fourth-order valence-corrected chi connectivity index (χ4v) is 4.49. The zero-order chi connectivity index (χ0) is 23.9. The Morgan fingerprint density at radius 2 is 1.74 bits per heavy atom. The van der Waals surface area contributed by atoms with Crippen LogP contribution in [0.15, 0.2) is 42.5 Å². The van der Waals surface area contributed by atoms with Gasteiger partial charge in [-0.1, -0.05) is 6.07 Å². The third-order valence-corrected chi connectivity index (χ3v) is 6.59. The minimum atomic E-state index is -1.29. The quantitative estimate of drug-likeness (QED) is 0.667. The highest BCUT2D eigenvalue weighted by Crippen LogP contribution is 2.37. The van der Waals surface area contributed by atoms with Crippen LogP contribution in [-0.2, 0) is 15.1 Å². The third kappa shape index (κ3) is 3.74. The first-order valence-corrected chi connectivity index (χ1v) is 11.1. The van der Waals surface area contributed by atoms with E-state index < -0.39 is 17.5 Å². The maximum absolute atomic E-state index is 13.2. The second-order valence-electron chi connectivity index (χ2n) is 8.58. The molecule has 0 bridgehead atoms. The van der Waals surface area contributed by atoms with Crippen LogP contribution in [0.25, 0.3) is 0 Å². The Balaban J connectivity index is 1.22. The summed E-state index contributed by atoms with van der Waals surface area (Å²) in [6.07, 6.45) is 0. The number of benzene rings is 2. The van der Waals surface area contributed by atoms with E-state index in [0.717, 1.165) is 16.3 Å². The Morgan fingerprint density at radius 3 is 2.44 bits per heavy atom. The fourth-order valence-electron chi connectivity index (χ4n) is 4.49. The van der Waals surface area contributed by atoms with Gasteiger partial charge in [0.2, 0.25) is 12.7 Å². The molecule has 178 valence electrons. The number of methoxy groups -OCH3 is 1. The van der Waals surface area contributed by atoms with Gasteiger partial charge in [-0.15, -0.1) is 0 Å². The Kier molecular flexibility index (Phi) is 5.43. The molecule has 0 spiro atoms. The molecule has 3 aliphatic heterocycles. The average molecular weight is 466 g/mol. The summed E-state index contributed by atoms with van der Waals surface area (Å²) in [5.74, 6) is 1.17. The monoisotopic (exact) mass is 466 g/mol. The van der Waals surface area contributed by atoms with E-state index in [-0.39, 0.29) is 19.2 Å². The maximum Gasteiger partial charge on any atom is 0.325 e. The van der Waals surface area contributed by atoms with Crippen molar-refractivity contribution in [3.05, 3.63) is 48.0 Å². The standard InChI is InChI=1S/C24H26N4O6/c1-24(16-3-8-19-20(13-16)34-15-33-19)22(30)28(23(31)25-24)14-21(29)27-11-9-26(10-12-27)17-4-6-18(32-2)7-5-17/h3-8,13H,9-12,14-15H2,1-2H3,(H,25,31)/t24-/m0/s1. The molecule has 1 N–H and O–H groups in total. The highest BCUT2D eigenvalue weighted by molar-refractivity contribution is 6.09. The van der Waals surface area contributed by atoms with Crippen LogP contribution in [0.1, 0.15) is 12.5 Å². The van der Waals surface area contributed by atoms with Crippen LogP contribution in [0.5, 0.6) is 17.2 Å². The Bertz CT molecular complexity index is 1130. The van der Waals surface area contributed by atoms with Gasteiger partial charge in [-0.2, -0.15) is 0 Å². The molecule has 0 radical (unpaired) electrons.